The van der Waals surface area contributed by atoms with Gasteiger partial charge in [-0.05, 0) is 25.5 Å². The Morgan fingerprint density at radius 1 is 1.24 bits per heavy atom. The fraction of sp³-hybridized carbons (Fsp3) is 0.385. The number of nitro benzene ring substituents is 1. The molecule has 7 nitrogen and oxygen atoms in total. The van der Waals surface area contributed by atoms with Gasteiger partial charge in [-0.1, -0.05) is 6.07 Å². The third kappa shape index (κ3) is 3.98. The van der Waals surface area contributed by atoms with E-state index in [1.165, 1.54) is 0 Å². The smallest absolute Gasteiger partial charge is 0.324 e. The fourth-order valence-electron chi connectivity index (χ4n) is 1.67. The molecule has 0 spiro atoms. The van der Waals surface area contributed by atoms with E-state index in [1.807, 2.05) is 0 Å². The SMILES string of the molecule is CCOC(=O)C(C(=O)OCC)c1ccc([N+](=O)[O-])c(F)c1. The number of carbonyl (C=O) groups excluding carboxylic acids is 2. The van der Waals surface area contributed by atoms with Gasteiger partial charge in [0, 0.05) is 6.07 Å². The second-order valence-corrected chi connectivity index (χ2v) is 3.91. The first-order valence-electron chi connectivity index (χ1n) is 6.19. The quantitative estimate of drug-likeness (QED) is 0.345. The van der Waals surface area contributed by atoms with E-state index in [0.29, 0.717) is 0 Å². The lowest BCUT2D eigenvalue weighted by molar-refractivity contribution is -0.387. The first-order valence-corrected chi connectivity index (χ1v) is 6.19. The molecule has 0 atom stereocenters. The maximum atomic E-state index is 13.6. The van der Waals surface area contributed by atoms with Crippen LogP contribution in [0.25, 0.3) is 0 Å². The summed E-state index contributed by atoms with van der Waals surface area (Å²) in [6.07, 6.45) is 0. The molecule has 0 N–H and O–H groups in total. The van der Waals surface area contributed by atoms with E-state index in [4.69, 9.17) is 9.47 Å². The van der Waals surface area contributed by atoms with E-state index in [1.54, 1.807) is 13.8 Å². The molecule has 0 aliphatic carbocycles. The van der Waals surface area contributed by atoms with Crippen LogP contribution in [-0.2, 0) is 19.1 Å². The zero-order valence-electron chi connectivity index (χ0n) is 11.5. The van der Waals surface area contributed by atoms with Crippen LogP contribution < -0.4 is 0 Å². The summed E-state index contributed by atoms with van der Waals surface area (Å²) < 4.78 is 23.1. The maximum Gasteiger partial charge on any atom is 0.324 e. The van der Waals surface area contributed by atoms with Gasteiger partial charge in [0.15, 0.2) is 5.92 Å². The van der Waals surface area contributed by atoms with E-state index < -0.39 is 34.3 Å². The van der Waals surface area contributed by atoms with Crippen molar-refractivity contribution in [2.45, 2.75) is 19.8 Å². The first-order chi connectivity index (χ1) is 9.92. The van der Waals surface area contributed by atoms with Crippen molar-refractivity contribution in [2.75, 3.05) is 13.2 Å². The summed E-state index contributed by atoms with van der Waals surface area (Å²) in [6.45, 7) is 3.17. The molecule has 0 radical (unpaired) electrons. The van der Waals surface area contributed by atoms with Crippen molar-refractivity contribution in [3.05, 3.63) is 39.7 Å². The average Bonchev–Trinajstić information content (AvgIpc) is 2.39. The van der Waals surface area contributed by atoms with Gasteiger partial charge in [-0.2, -0.15) is 4.39 Å². The molecule has 21 heavy (non-hydrogen) atoms. The first kappa shape index (κ1) is 16.5. The fourth-order valence-corrected chi connectivity index (χ4v) is 1.67. The molecular formula is C13H14FNO6. The third-order valence-corrected chi connectivity index (χ3v) is 2.55. The Labute approximate surface area is 119 Å². The van der Waals surface area contributed by atoms with Crippen molar-refractivity contribution in [3.8, 4) is 0 Å². The van der Waals surface area contributed by atoms with Crippen LogP contribution in [0.2, 0.25) is 0 Å². The second-order valence-electron chi connectivity index (χ2n) is 3.91. The second kappa shape index (κ2) is 7.32. The van der Waals surface area contributed by atoms with Crippen molar-refractivity contribution < 1.29 is 28.4 Å². The molecule has 0 aliphatic rings. The molecule has 0 fully saturated rings. The third-order valence-electron chi connectivity index (χ3n) is 2.55. The van der Waals surface area contributed by atoms with Crippen LogP contribution in [-0.4, -0.2) is 30.1 Å². The van der Waals surface area contributed by atoms with Crippen molar-refractivity contribution in [1.29, 1.82) is 0 Å². The minimum atomic E-state index is -1.47. The average molecular weight is 299 g/mol. The highest BCUT2D eigenvalue weighted by molar-refractivity contribution is 6.00. The largest absolute Gasteiger partial charge is 0.465 e. The highest BCUT2D eigenvalue weighted by Crippen LogP contribution is 2.25. The number of hydrogen-bond acceptors (Lipinski definition) is 6. The number of halogens is 1. The number of ether oxygens (including phenoxy) is 2. The number of rotatable bonds is 6. The minimum Gasteiger partial charge on any atom is -0.465 e. The van der Waals surface area contributed by atoms with E-state index in [2.05, 4.69) is 0 Å². The summed E-state index contributed by atoms with van der Waals surface area (Å²) >= 11 is 0. The molecule has 0 saturated heterocycles. The van der Waals surface area contributed by atoms with Crippen LogP contribution in [0.3, 0.4) is 0 Å². The summed E-state index contributed by atoms with van der Waals surface area (Å²) in [5.41, 5.74) is -0.805. The Balaban J connectivity index is 3.19. The number of hydrogen-bond donors (Lipinski definition) is 0. The Kier molecular flexibility index (Phi) is 5.77. The number of nitrogens with zero attached hydrogens (tertiary/aromatic N) is 1. The topological polar surface area (TPSA) is 95.7 Å². The summed E-state index contributed by atoms with van der Waals surface area (Å²) in [6, 6.07) is 2.77. The van der Waals surface area contributed by atoms with Crippen LogP contribution >= 0.6 is 0 Å². The van der Waals surface area contributed by atoms with Crippen molar-refractivity contribution in [1.82, 2.24) is 0 Å². The Morgan fingerprint density at radius 2 is 1.76 bits per heavy atom. The number of benzene rings is 1. The summed E-state index contributed by atoms with van der Waals surface area (Å²) in [5, 5.41) is 10.6. The van der Waals surface area contributed by atoms with Gasteiger partial charge in [0.25, 0.3) is 0 Å². The highest BCUT2D eigenvalue weighted by Gasteiger charge is 2.32. The number of esters is 2. The number of carbonyl (C=O) groups is 2. The van der Waals surface area contributed by atoms with Crippen LogP contribution in [0.15, 0.2) is 18.2 Å². The molecule has 0 unspecified atom stereocenters. The molecule has 0 bridgehead atoms. The lowest BCUT2D eigenvalue weighted by Gasteiger charge is -2.14. The Hall–Kier alpha value is -2.51. The molecule has 0 amide bonds. The molecule has 1 rings (SSSR count). The molecule has 114 valence electrons. The van der Waals surface area contributed by atoms with Crippen molar-refractivity contribution in [2.24, 2.45) is 0 Å². The van der Waals surface area contributed by atoms with Crippen molar-refractivity contribution >= 4 is 17.6 Å². The van der Waals surface area contributed by atoms with Gasteiger partial charge in [-0.15, -0.1) is 0 Å². The maximum absolute atomic E-state index is 13.6. The lowest BCUT2D eigenvalue weighted by Crippen LogP contribution is -2.26. The molecular weight excluding hydrogens is 285 g/mol. The van der Waals surface area contributed by atoms with Gasteiger partial charge >= 0.3 is 17.6 Å². The minimum absolute atomic E-state index is 0.0319. The summed E-state index contributed by atoms with van der Waals surface area (Å²) in [5.74, 6) is -4.41. The molecule has 1 aromatic carbocycles. The monoisotopic (exact) mass is 299 g/mol. The van der Waals surface area contributed by atoms with Gasteiger partial charge in [-0.25, -0.2) is 0 Å². The van der Waals surface area contributed by atoms with Gasteiger partial charge in [-0.3, -0.25) is 19.7 Å². The molecule has 8 heteroatoms. The Morgan fingerprint density at radius 3 is 2.14 bits per heavy atom. The normalized spacial score (nSPS) is 10.3. The predicted octanol–water partition coefficient (Wildman–Crippen LogP) is 1.94. The van der Waals surface area contributed by atoms with Crippen LogP contribution in [0.1, 0.15) is 25.3 Å². The lowest BCUT2D eigenvalue weighted by atomic mass is 9.99. The van der Waals surface area contributed by atoms with E-state index in [-0.39, 0.29) is 18.8 Å². The van der Waals surface area contributed by atoms with Crippen LogP contribution in [0.5, 0.6) is 0 Å². The predicted molar refractivity (Wildman–Crippen MR) is 69.1 cm³/mol. The van der Waals surface area contributed by atoms with Gasteiger partial charge < -0.3 is 9.47 Å². The summed E-state index contributed by atoms with van der Waals surface area (Å²) in [4.78, 5) is 33.3. The zero-order chi connectivity index (χ0) is 16.0. The van der Waals surface area contributed by atoms with Crippen LogP contribution in [0, 0.1) is 15.9 Å². The Bertz CT molecular complexity index is 542. The molecule has 1 aromatic rings. The van der Waals surface area contributed by atoms with Gasteiger partial charge in [0.2, 0.25) is 5.82 Å². The number of nitro groups is 1. The van der Waals surface area contributed by atoms with E-state index >= 15 is 0 Å². The van der Waals surface area contributed by atoms with Gasteiger partial charge in [0.1, 0.15) is 0 Å². The standard InChI is InChI=1S/C13H14FNO6/c1-3-20-12(16)11(13(17)21-4-2)8-5-6-10(15(18)19)9(14)7-8/h5-7,11H,3-4H2,1-2H3. The molecule has 0 heterocycles. The molecule has 0 aliphatic heterocycles. The van der Waals surface area contributed by atoms with E-state index in [0.717, 1.165) is 18.2 Å². The molecule has 0 aromatic heterocycles. The van der Waals surface area contributed by atoms with Gasteiger partial charge in [0.05, 0.1) is 18.1 Å². The zero-order valence-corrected chi connectivity index (χ0v) is 11.5. The summed E-state index contributed by atoms with van der Waals surface area (Å²) in [7, 11) is 0. The highest BCUT2D eigenvalue weighted by atomic mass is 19.1. The van der Waals surface area contributed by atoms with E-state index in [9.17, 15) is 24.1 Å². The molecule has 0 saturated carbocycles. The van der Waals surface area contributed by atoms with Crippen molar-refractivity contribution in [3.63, 3.8) is 0 Å². The van der Waals surface area contributed by atoms with Crippen LogP contribution in [0.4, 0.5) is 10.1 Å².